The van der Waals surface area contributed by atoms with Gasteiger partial charge in [0.15, 0.2) is 5.78 Å². The fourth-order valence-corrected chi connectivity index (χ4v) is 4.96. The predicted octanol–water partition coefficient (Wildman–Crippen LogP) is 3.75. The number of hydrogen-bond donors (Lipinski definition) is 2. The van der Waals surface area contributed by atoms with Crippen molar-refractivity contribution in [3.8, 4) is 0 Å². The molecule has 1 saturated carbocycles. The van der Waals surface area contributed by atoms with E-state index in [4.69, 9.17) is 0 Å². The molecule has 2 rings (SSSR count). The molecular weight excluding hydrogens is 304 g/mol. The smallest absolute Gasteiger partial charge is 0.331 e. The molecule has 0 heterocycles. The average Bonchev–Trinajstić information content (AvgIpc) is 2.72. The largest absolute Gasteiger partial charge is 0.478 e. The Morgan fingerprint density at radius 2 is 2.04 bits per heavy atom. The summed E-state index contributed by atoms with van der Waals surface area (Å²) in [4.78, 5) is 24.3. The van der Waals surface area contributed by atoms with E-state index < -0.39 is 17.0 Å². The van der Waals surface area contributed by atoms with E-state index in [1.165, 1.54) is 0 Å². The monoisotopic (exact) mass is 334 g/mol. The van der Waals surface area contributed by atoms with Crippen LogP contribution in [0, 0.1) is 23.2 Å². The van der Waals surface area contributed by atoms with Gasteiger partial charge >= 0.3 is 5.97 Å². The van der Waals surface area contributed by atoms with Crippen LogP contribution in [-0.4, -0.2) is 27.6 Å². The van der Waals surface area contributed by atoms with Crippen LogP contribution in [0.25, 0.3) is 0 Å². The molecule has 0 amide bonds. The molecule has 0 aromatic rings. The Balaban J connectivity index is 2.52. The minimum Gasteiger partial charge on any atom is -0.478 e. The summed E-state index contributed by atoms with van der Waals surface area (Å²) in [7, 11) is 0. The Labute approximate surface area is 144 Å². The quantitative estimate of drug-likeness (QED) is 0.768. The van der Waals surface area contributed by atoms with Crippen LogP contribution in [0.15, 0.2) is 23.3 Å². The highest BCUT2D eigenvalue weighted by Gasteiger charge is 2.60. The number of rotatable bonds is 4. The van der Waals surface area contributed by atoms with Gasteiger partial charge in [0.05, 0.1) is 5.60 Å². The first-order valence-corrected chi connectivity index (χ1v) is 8.88. The van der Waals surface area contributed by atoms with Gasteiger partial charge in [0.25, 0.3) is 0 Å². The van der Waals surface area contributed by atoms with Gasteiger partial charge in [-0.15, -0.1) is 0 Å². The fraction of sp³-hybridized carbons (Fsp3) is 0.700. The third-order valence-corrected chi connectivity index (χ3v) is 6.37. The zero-order valence-electron chi connectivity index (χ0n) is 15.4. The molecule has 0 aliphatic heterocycles. The molecular formula is C20H30O4. The highest BCUT2D eigenvalue weighted by atomic mass is 16.4. The lowest BCUT2D eigenvalue weighted by atomic mass is 9.63. The third-order valence-electron chi connectivity index (χ3n) is 6.37. The second-order valence-electron chi connectivity index (χ2n) is 8.18. The molecule has 4 heteroatoms. The SMILES string of the molecule is C/C=C(\C[C@H]1CC(C)=CC(=O)[C@]2(C)CC[C@](O)(C(C)C)[C@H]12)C(=O)O. The van der Waals surface area contributed by atoms with Gasteiger partial charge < -0.3 is 10.2 Å². The van der Waals surface area contributed by atoms with Crippen molar-refractivity contribution in [3.05, 3.63) is 23.3 Å². The molecule has 0 saturated heterocycles. The van der Waals surface area contributed by atoms with Crippen LogP contribution in [0.5, 0.6) is 0 Å². The molecule has 4 atom stereocenters. The van der Waals surface area contributed by atoms with Gasteiger partial charge in [-0.2, -0.15) is 0 Å². The topological polar surface area (TPSA) is 74.6 Å². The molecule has 0 spiro atoms. The van der Waals surface area contributed by atoms with Crippen LogP contribution in [-0.2, 0) is 9.59 Å². The van der Waals surface area contributed by atoms with Crippen LogP contribution in [0.1, 0.15) is 60.3 Å². The number of carbonyl (C=O) groups excluding carboxylic acids is 1. The standard InChI is InChI=1S/C20H30O4/c1-6-14(18(22)23)11-15-9-13(4)10-16(21)19(5)7-8-20(24,12(2)3)17(15)19/h6,10,12,15,17,24H,7-9,11H2,1-5H3,(H,22,23)/b14-6+/t15-,17-,19+,20+/m1/s1. The van der Waals surface area contributed by atoms with Gasteiger partial charge in [-0.05, 0) is 57.4 Å². The summed E-state index contributed by atoms with van der Waals surface area (Å²) < 4.78 is 0. The molecule has 2 N–H and O–H groups in total. The molecule has 0 bridgehead atoms. The number of carboxylic acid groups (broad SMARTS) is 1. The van der Waals surface area contributed by atoms with Crippen molar-refractivity contribution < 1.29 is 19.8 Å². The van der Waals surface area contributed by atoms with Gasteiger partial charge in [-0.3, -0.25) is 4.79 Å². The van der Waals surface area contributed by atoms with Crippen molar-refractivity contribution in [2.45, 2.75) is 65.9 Å². The number of allylic oxidation sites excluding steroid dienone is 3. The van der Waals surface area contributed by atoms with E-state index in [1.807, 2.05) is 27.7 Å². The Morgan fingerprint density at radius 3 is 2.54 bits per heavy atom. The van der Waals surface area contributed by atoms with Gasteiger partial charge in [0.1, 0.15) is 0 Å². The van der Waals surface area contributed by atoms with E-state index in [2.05, 4.69) is 0 Å². The molecule has 24 heavy (non-hydrogen) atoms. The van der Waals surface area contributed by atoms with E-state index in [0.717, 1.165) is 5.57 Å². The van der Waals surface area contributed by atoms with E-state index in [0.29, 0.717) is 31.3 Å². The minimum absolute atomic E-state index is 0.0249. The molecule has 1 fully saturated rings. The first-order chi connectivity index (χ1) is 11.1. The summed E-state index contributed by atoms with van der Waals surface area (Å²) in [6.45, 7) is 9.60. The second kappa shape index (κ2) is 6.47. The first-order valence-electron chi connectivity index (χ1n) is 8.88. The van der Waals surface area contributed by atoms with Crippen molar-refractivity contribution in [2.75, 3.05) is 0 Å². The molecule has 134 valence electrons. The number of aliphatic carboxylic acids is 1. The Bertz CT molecular complexity index is 601. The summed E-state index contributed by atoms with van der Waals surface area (Å²) in [6.07, 6.45) is 5.65. The maximum absolute atomic E-state index is 12.9. The van der Waals surface area contributed by atoms with Crippen LogP contribution in [0.2, 0.25) is 0 Å². The van der Waals surface area contributed by atoms with Crippen molar-refractivity contribution in [1.82, 2.24) is 0 Å². The number of carboxylic acids is 1. The second-order valence-corrected chi connectivity index (χ2v) is 8.18. The van der Waals surface area contributed by atoms with E-state index in [1.54, 1.807) is 19.1 Å². The summed E-state index contributed by atoms with van der Waals surface area (Å²) in [5.74, 6) is -1.07. The maximum Gasteiger partial charge on any atom is 0.331 e. The number of carbonyl (C=O) groups is 2. The zero-order chi connectivity index (χ0) is 18.3. The molecule has 2 aliphatic carbocycles. The maximum atomic E-state index is 12.9. The lowest BCUT2D eigenvalue weighted by molar-refractivity contribution is -0.135. The normalized spacial score (nSPS) is 37.2. The van der Waals surface area contributed by atoms with Crippen LogP contribution < -0.4 is 0 Å². The molecule has 0 aromatic heterocycles. The summed E-state index contributed by atoms with van der Waals surface area (Å²) >= 11 is 0. The third kappa shape index (κ3) is 2.97. The Kier molecular flexibility index (Phi) is 5.10. The Hall–Kier alpha value is -1.42. The molecule has 0 radical (unpaired) electrons. The van der Waals surface area contributed by atoms with Gasteiger partial charge in [-0.1, -0.05) is 32.4 Å². The Morgan fingerprint density at radius 1 is 1.42 bits per heavy atom. The van der Waals surface area contributed by atoms with Crippen molar-refractivity contribution >= 4 is 11.8 Å². The highest BCUT2D eigenvalue weighted by molar-refractivity contribution is 5.96. The lowest BCUT2D eigenvalue weighted by Crippen LogP contribution is -2.49. The van der Waals surface area contributed by atoms with Crippen LogP contribution >= 0.6 is 0 Å². The van der Waals surface area contributed by atoms with E-state index >= 15 is 0 Å². The van der Waals surface area contributed by atoms with Crippen molar-refractivity contribution in [1.29, 1.82) is 0 Å². The van der Waals surface area contributed by atoms with E-state index in [9.17, 15) is 19.8 Å². The van der Waals surface area contributed by atoms with Gasteiger partial charge in [-0.25, -0.2) is 4.79 Å². The first kappa shape index (κ1) is 18.9. The summed E-state index contributed by atoms with van der Waals surface area (Å²) in [5, 5.41) is 20.8. The fourth-order valence-electron chi connectivity index (χ4n) is 4.96. The minimum atomic E-state index is -0.926. The summed E-state index contributed by atoms with van der Waals surface area (Å²) in [5.41, 5.74) is -0.195. The predicted molar refractivity (Wildman–Crippen MR) is 93.5 cm³/mol. The summed E-state index contributed by atoms with van der Waals surface area (Å²) in [6, 6.07) is 0. The molecule has 4 nitrogen and oxygen atoms in total. The van der Waals surface area contributed by atoms with Gasteiger partial charge in [0.2, 0.25) is 0 Å². The average molecular weight is 334 g/mol. The number of fused-ring (bicyclic) bond motifs is 1. The number of hydrogen-bond acceptors (Lipinski definition) is 3. The number of ketones is 1. The van der Waals surface area contributed by atoms with Crippen molar-refractivity contribution in [3.63, 3.8) is 0 Å². The van der Waals surface area contributed by atoms with Crippen molar-refractivity contribution in [2.24, 2.45) is 23.2 Å². The molecule has 2 aliphatic rings. The highest BCUT2D eigenvalue weighted by Crippen LogP contribution is 2.59. The lowest BCUT2D eigenvalue weighted by Gasteiger charge is -2.43. The van der Waals surface area contributed by atoms with E-state index in [-0.39, 0.29) is 23.5 Å². The zero-order valence-corrected chi connectivity index (χ0v) is 15.4. The van der Waals surface area contributed by atoms with Gasteiger partial charge in [0, 0.05) is 16.9 Å². The van der Waals surface area contributed by atoms with Crippen LogP contribution in [0.3, 0.4) is 0 Å². The molecule has 0 unspecified atom stereocenters. The number of aliphatic hydroxyl groups is 1. The molecule has 0 aromatic carbocycles. The van der Waals surface area contributed by atoms with Crippen LogP contribution in [0.4, 0.5) is 0 Å².